The van der Waals surface area contributed by atoms with Crippen molar-refractivity contribution in [3.05, 3.63) is 30.0 Å². The van der Waals surface area contributed by atoms with Crippen molar-refractivity contribution < 1.29 is 28.2 Å². The number of hydrogen-bond acceptors (Lipinski definition) is 6. The monoisotopic (exact) mass is 356 g/mol. The van der Waals surface area contributed by atoms with Crippen LogP contribution in [0.5, 0.6) is 11.5 Å². The quantitative estimate of drug-likeness (QED) is 0.602. The van der Waals surface area contributed by atoms with Gasteiger partial charge in [-0.2, -0.15) is 0 Å². The van der Waals surface area contributed by atoms with Crippen molar-refractivity contribution >= 4 is 17.7 Å². The van der Waals surface area contributed by atoms with Crippen LogP contribution in [0.15, 0.2) is 29.4 Å². The Hall–Kier alpha value is -2.42. The van der Waals surface area contributed by atoms with Gasteiger partial charge in [-0.15, -0.1) is 0 Å². The average Bonchev–Trinajstić information content (AvgIpc) is 2.58. The molecule has 0 saturated carbocycles. The molecule has 24 heavy (non-hydrogen) atoms. The van der Waals surface area contributed by atoms with Gasteiger partial charge in [0.15, 0.2) is 16.7 Å². The van der Waals surface area contributed by atoms with Crippen LogP contribution in [0.25, 0.3) is 11.3 Å². The second-order valence-corrected chi connectivity index (χ2v) is 5.46. The first-order chi connectivity index (χ1) is 11.4. The first-order valence-corrected chi connectivity index (χ1v) is 7.67. The molecule has 0 atom stereocenters. The molecule has 1 aromatic carbocycles. The number of nitrogens with zero attached hydrogens (tertiary/aromatic N) is 2. The van der Waals surface area contributed by atoms with E-state index in [0.29, 0.717) is 17.1 Å². The fourth-order valence-electron chi connectivity index (χ4n) is 1.89. The average molecular weight is 356 g/mol. The van der Waals surface area contributed by atoms with Gasteiger partial charge in [0.1, 0.15) is 5.69 Å². The Labute approximate surface area is 140 Å². The lowest BCUT2D eigenvalue weighted by molar-refractivity contribution is -0.133. The van der Waals surface area contributed by atoms with E-state index in [1.165, 1.54) is 14.2 Å². The number of alkyl halides is 2. The summed E-state index contributed by atoms with van der Waals surface area (Å²) in [7, 11) is 2.94. The first kappa shape index (κ1) is 17.9. The molecule has 0 radical (unpaired) electrons. The summed E-state index contributed by atoms with van der Waals surface area (Å²) >= 11 is 0.776. The molecule has 1 heterocycles. The predicted octanol–water partition coefficient (Wildman–Crippen LogP) is 3.28. The summed E-state index contributed by atoms with van der Waals surface area (Å²) in [4.78, 5) is 18.5. The second-order valence-electron chi connectivity index (χ2n) is 4.51. The summed E-state index contributed by atoms with van der Waals surface area (Å²) in [6.45, 7) is 0. The van der Waals surface area contributed by atoms with Gasteiger partial charge in [-0.05, 0) is 24.3 Å². The lowest BCUT2D eigenvalue weighted by Gasteiger charge is -2.11. The summed E-state index contributed by atoms with van der Waals surface area (Å²) < 4.78 is 36.4. The number of aliphatic carboxylic acids is 1. The maximum Gasteiger partial charge on any atom is 0.313 e. The summed E-state index contributed by atoms with van der Waals surface area (Å²) in [5.41, 5.74) is 0.297. The van der Waals surface area contributed by atoms with Crippen LogP contribution in [-0.2, 0) is 4.79 Å². The molecule has 0 unspecified atom stereocenters. The highest BCUT2D eigenvalue weighted by Crippen LogP contribution is 2.33. The molecule has 0 aliphatic rings. The Balaban J connectivity index is 2.46. The third kappa shape index (κ3) is 4.31. The summed E-state index contributed by atoms with van der Waals surface area (Å²) in [6.07, 6.45) is -2.80. The molecule has 0 spiro atoms. The Morgan fingerprint density at radius 3 is 2.50 bits per heavy atom. The van der Waals surface area contributed by atoms with Crippen LogP contribution >= 0.6 is 11.8 Å². The lowest BCUT2D eigenvalue weighted by atomic mass is 10.1. The molecule has 0 aliphatic carbocycles. The van der Waals surface area contributed by atoms with E-state index in [1.807, 2.05) is 0 Å². The fourth-order valence-corrected chi connectivity index (χ4v) is 2.47. The van der Waals surface area contributed by atoms with Crippen molar-refractivity contribution in [3.63, 3.8) is 0 Å². The molecular weight excluding hydrogens is 342 g/mol. The minimum absolute atomic E-state index is 0.0278. The number of rotatable bonds is 7. The largest absolute Gasteiger partial charge is 0.493 e. The standard InChI is InChI=1S/C15H14F2N2O4S/c1-22-11-4-3-8(5-12(11)23-2)9-6-10(14(16)17)19-15(18-9)24-7-13(20)21/h3-6,14H,7H2,1-2H3,(H,20,21). The van der Waals surface area contributed by atoms with Crippen molar-refractivity contribution in [2.45, 2.75) is 11.6 Å². The van der Waals surface area contributed by atoms with Crippen molar-refractivity contribution in [1.29, 1.82) is 0 Å². The second kappa shape index (κ2) is 7.91. The van der Waals surface area contributed by atoms with Crippen LogP contribution in [-0.4, -0.2) is 41.0 Å². The molecule has 6 nitrogen and oxygen atoms in total. The molecule has 1 aromatic heterocycles. The Bertz CT molecular complexity index is 743. The van der Waals surface area contributed by atoms with Gasteiger partial charge in [-0.25, -0.2) is 18.7 Å². The summed E-state index contributed by atoms with van der Waals surface area (Å²) in [5.74, 6) is -0.492. The molecule has 2 aromatic rings. The number of benzene rings is 1. The number of methoxy groups -OCH3 is 2. The van der Waals surface area contributed by atoms with Gasteiger partial charge >= 0.3 is 5.97 Å². The van der Waals surface area contributed by atoms with Crippen LogP contribution < -0.4 is 9.47 Å². The van der Waals surface area contributed by atoms with Gasteiger partial charge in [-0.1, -0.05) is 11.8 Å². The minimum Gasteiger partial charge on any atom is -0.493 e. The number of carboxylic acids is 1. The lowest BCUT2D eigenvalue weighted by Crippen LogP contribution is -2.02. The topological polar surface area (TPSA) is 81.5 Å². The Morgan fingerprint density at radius 2 is 1.92 bits per heavy atom. The van der Waals surface area contributed by atoms with Gasteiger partial charge in [0, 0.05) is 5.56 Å². The maximum absolute atomic E-state index is 13.0. The molecular formula is C15H14F2N2O4S. The van der Waals surface area contributed by atoms with E-state index in [1.54, 1.807) is 18.2 Å². The maximum atomic E-state index is 13.0. The van der Waals surface area contributed by atoms with Crippen molar-refractivity contribution in [3.8, 4) is 22.8 Å². The highest BCUT2D eigenvalue weighted by atomic mass is 32.2. The fraction of sp³-hybridized carbons (Fsp3) is 0.267. The third-order valence-electron chi connectivity index (χ3n) is 2.95. The smallest absolute Gasteiger partial charge is 0.313 e. The van der Waals surface area contributed by atoms with E-state index in [9.17, 15) is 13.6 Å². The molecule has 128 valence electrons. The molecule has 0 fully saturated rings. The van der Waals surface area contributed by atoms with E-state index in [-0.39, 0.29) is 16.6 Å². The van der Waals surface area contributed by atoms with E-state index in [0.717, 1.165) is 17.8 Å². The highest BCUT2D eigenvalue weighted by molar-refractivity contribution is 7.99. The number of hydrogen-bond donors (Lipinski definition) is 1. The number of aromatic nitrogens is 2. The Kier molecular flexibility index (Phi) is 5.91. The van der Waals surface area contributed by atoms with Crippen LogP contribution in [0.3, 0.4) is 0 Å². The predicted molar refractivity (Wildman–Crippen MR) is 83.9 cm³/mol. The number of carbonyl (C=O) groups is 1. The van der Waals surface area contributed by atoms with Crippen LogP contribution in [0.1, 0.15) is 12.1 Å². The van der Waals surface area contributed by atoms with Gasteiger partial charge in [-0.3, -0.25) is 4.79 Å². The van der Waals surface area contributed by atoms with E-state index in [2.05, 4.69) is 9.97 Å². The summed E-state index contributed by atoms with van der Waals surface area (Å²) in [6, 6.07) is 6.03. The SMILES string of the molecule is COc1ccc(-c2cc(C(F)F)nc(SCC(=O)O)n2)cc1OC. The third-order valence-corrected chi connectivity index (χ3v) is 3.79. The van der Waals surface area contributed by atoms with Crippen LogP contribution in [0, 0.1) is 0 Å². The Morgan fingerprint density at radius 1 is 1.21 bits per heavy atom. The number of thioether (sulfide) groups is 1. The molecule has 0 aliphatic heterocycles. The normalized spacial score (nSPS) is 10.7. The van der Waals surface area contributed by atoms with Gasteiger partial charge in [0.05, 0.1) is 25.7 Å². The summed E-state index contributed by atoms with van der Waals surface area (Å²) in [5, 5.41) is 8.68. The minimum atomic E-state index is -2.80. The zero-order chi connectivity index (χ0) is 17.7. The van der Waals surface area contributed by atoms with Crippen LogP contribution in [0.2, 0.25) is 0 Å². The van der Waals surface area contributed by atoms with Crippen molar-refractivity contribution in [2.75, 3.05) is 20.0 Å². The number of carboxylic acid groups (broad SMARTS) is 1. The van der Waals surface area contributed by atoms with E-state index >= 15 is 0 Å². The molecule has 0 bridgehead atoms. The van der Waals surface area contributed by atoms with Crippen molar-refractivity contribution in [2.24, 2.45) is 0 Å². The number of ether oxygens (including phenoxy) is 2. The van der Waals surface area contributed by atoms with Crippen LogP contribution in [0.4, 0.5) is 8.78 Å². The molecule has 2 rings (SSSR count). The number of halogens is 2. The zero-order valence-electron chi connectivity index (χ0n) is 12.8. The molecule has 0 amide bonds. The zero-order valence-corrected chi connectivity index (χ0v) is 13.6. The van der Waals surface area contributed by atoms with Gasteiger partial charge in [0.2, 0.25) is 0 Å². The van der Waals surface area contributed by atoms with E-state index in [4.69, 9.17) is 14.6 Å². The van der Waals surface area contributed by atoms with Crippen molar-refractivity contribution in [1.82, 2.24) is 9.97 Å². The van der Waals surface area contributed by atoms with Gasteiger partial charge in [0.25, 0.3) is 6.43 Å². The van der Waals surface area contributed by atoms with Gasteiger partial charge < -0.3 is 14.6 Å². The first-order valence-electron chi connectivity index (χ1n) is 6.68. The molecule has 1 N–H and O–H groups in total. The highest BCUT2D eigenvalue weighted by Gasteiger charge is 2.16. The molecule has 9 heteroatoms. The van der Waals surface area contributed by atoms with E-state index < -0.39 is 18.1 Å². The molecule has 0 saturated heterocycles.